The molecule has 2 aromatic carbocycles. The van der Waals surface area contributed by atoms with Gasteiger partial charge in [0, 0.05) is 31.6 Å². The highest BCUT2D eigenvalue weighted by Crippen LogP contribution is 2.44. The lowest BCUT2D eigenvalue weighted by molar-refractivity contribution is -0.143. The number of carbonyl (C=O) groups is 3. The number of hydrogen-bond donors (Lipinski definition) is 3. The van der Waals surface area contributed by atoms with Gasteiger partial charge in [-0.25, -0.2) is 15.0 Å². The van der Waals surface area contributed by atoms with Crippen molar-refractivity contribution < 1.29 is 24.2 Å². The van der Waals surface area contributed by atoms with E-state index in [9.17, 15) is 19.5 Å². The third kappa shape index (κ3) is 5.40. The quantitative estimate of drug-likeness (QED) is 0.462. The number of nitrogens with zero attached hydrogens (tertiary/aromatic N) is 3. The van der Waals surface area contributed by atoms with E-state index in [1.807, 2.05) is 31.3 Å². The zero-order valence-electron chi connectivity index (χ0n) is 23.3. The number of carboxylic acid groups (broad SMARTS) is 1. The molecule has 10 heteroatoms. The molecule has 10 nitrogen and oxygen atoms in total. The van der Waals surface area contributed by atoms with Crippen LogP contribution in [0.4, 0.5) is 9.59 Å². The van der Waals surface area contributed by atoms with Gasteiger partial charge in [0.2, 0.25) is 0 Å². The average Bonchev–Trinajstić information content (AvgIpc) is 3.66. The van der Waals surface area contributed by atoms with Gasteiger partial charge in [-0.05, 0) is 67.3 Å². The molecule has 3 N–H and O–H groups in total. The Bertz CT molecular complexity index is 1310. The second-order valence-electron chi connectivity index (χ2n) is 11.7. The average molecular weight is 560 g/mol. The number of rotatable bonds is 6. The Labute approximate surface area is 239 Å². The van der Waals surface area contributed by atoms with Crippen molar-refractivity contribution >= 4 is 23.8 Å². The fourth-order valence-corrected chi connectivity index (χ4v) is 7.10. The second kappa shape index (κ2) is 11.5. The van der Waals surface area contributed by atoms with Crippen molar-refractivity contribution in [1.29, 1.82) is 0 Å². The summed E-state index contributed by atoms with van der Waals surface area (Å²) in [7, 11) is 2.01. The number of hydrogen-bond acceptors (Lipinski definition) is 6. The summed E-state index contributed by atoms with van der Waals surface area (Å²) in [6, 6.07) is 16.0. The lowest BCUT2D eigenvalue weighted by atomic mass is 9.82. The number of likely N-dealkylation sites (tertiary alicyclic amines) is 2. The number of amides is 3. The summed E-state index contributed by atoms with van der Waals surface area (Å²) in [4.78, 5) is 41.0. The summed E-state index contributed by atoms with van der Waals surface area (Å²) in [6.45, 7) is 1.88. The molecule has 41 heavy (non-hydrogen) atoms. The number of carbonyl (C=O) groups excluding carboxylic acids is 2. The van der Waals surface area contributed by atoms with E-state index in [1.165, 1.54) is 22.3 Å². The van der Waals surface area contributed by atoms with Crippen LogP contribution >= 0.6 is 0 Å². The number of likely N-dealkylation sites (N-methyl/N-ethyl adjacent to an activating group) is 1. The van der Waals surface area contributed by atoms with Crippen LogP contribution in [-0.4, -0.2) is 84.1 Å². The van der Waals surface area contributed by atoms with Gasteiger partial charge in [-0.2, -0.15) is 5.10 Å². The number of ether oxygens (including phenoxy) is 1. The van der Waals surface area contributed by atoms with E-state index < -0.39 is 12.0 Å². The Morgan fingerprint density at radius 3 is 2.29 bits per heavy atom. The van der Waals surface area contributed by atoms with Crippen LogP contribution in [0.2, 0.25) is 0 Å². The number of aliphatic carboxylic acids is 1. The molecule has 2 aliphatic carbocycles. The summed E-state index contributed by atoms with van der Waals surface area (Å²) < 4.78 is 5.95. The Kier molecular flexibility index (Phi) is 7.66. The van der Waals surface area contributed by atoms with Crippen molar-refractivity contribution in [3.63, 3.8) is 0 Å². The van der Waals surface area contributed by atoms with Crippen molar-refractivity contribution in [2.24, 2.45) is 16.9 Å². The highest BCUT2D eigenvalue weighted by molar-refractivity contribution is 5.97. The van der Waals surface area contributed by atoms with Crippen LogP contribution in [0.1, 0.15) is 49.1 Å². The molecule has 6 rings (SSSR count). The molecule has 0 spiro atoms. The fourth-order valence-electron chi connectivity index (χ4n) is 7.10. The predicted octanol–water partition coefficient (Wildman–Crippen LogP) is 3.87. The smallest absolute Gasteiger partial charge is 0.410 e. The van der Waals surface area contributed by atoms with Crippen LogP contribution in [-0.2, 0) is 9.53 Å². The third-order valence-corrected chi connectivity index (χ3v) is 9.30. The maximum Gasteiger partial charge on any atom is 0.410 e. The first-order valence-electron chi connectivity index (χ1n) is 14.6. The highest BCUT2D eigenvalue weighted by Gasteiger charge is 2.48. The minimum absolute atomic E-state index is 0.00585. The molecule has 2 heterocycles. The van der Waals surface area contributed by atoms with Crippen LogP contribution in [0.3, 0.4) is 0 Å². The van der Waals surface area contributed by atoms with Gasteiger partial charge in [-0.1, -0.05) is 48.5 Å². The molecule has 0 aromatic heterocycles. The molecule has 2 atom stereocenters. The molecule has 2 unspecified atom stereocenters. The number of carboxylic acids is 1. The van der Waals surface area contributed by atoms with E-state index in [0.29, 0.717) is 32.5 Å². The van der Waals surface area contributed by atoms with Crippen LogP contribution < -0.4 is 10.7 Å². The Morgan fingerprint density at radius 1 is 0.976 bits per heavy atom. The van der Waals surface area contributed by atoms with Crippen molar-refractivity contribution in [3.05, 3.63) is 59.7 Å². The number of benzene rings is 2. The van der Waals surface area contributed by atoms with Crippen LogP contribution in [0.5, 0.6) is 0 Å². The number of nitrogens with one attached hydrogen (secondary N) is 2. The second-order valence-corrected chi connectivity index (χ2v) is 11.7. The summed E-state index contributed by atoms with van der Waals surface area (Å²) in [5.41, 5.74) is 8.09. The molecule has 3 amide bonds. The van der Waals surface area contributed by atoms with E-state index in [4.69, 9.17) is 4.74 Å². The molecular formula is C31H37N5O5. The lowest BCUT2D eigenvalue weighted by Crippen LogP contribution is -2.44. The number of fused-ring (bicyclic) bond motifs is 4. The highest BCUT2D eigenvalue weighted by atomic mass is 16.6. The van der Waals surface area contributed by atoms with E-state index in [1.54, 1.807) is 4.90 Å². The molecule has 2 aromatic rings. The Morgan fingerprint density at radius 2 is 1.63 bits per heavy atom. The summed E-state index contributed by atoms with van der Waals surface area (Å²) in [6.07, 6.45) is 3.32. The Hall–Kier alpha value is -3.92. The third-order valence-electron chi connectivity index (χ3n) is 9.30. The monoisotopic (exact) mass is 559 g/mol. The van der Waals surface area contributed by atoms with Crippen molar-refractivity contribution in [2.45, 2.75) is 50.1 Å². The van der Waals surface area contributed by atoms with E-state index in [2.05, 4.69) is 45.0 Å². The molecular weight excluding hydrogens is 522 g/mol. The van der Waals surface area contributed by atoms with E-state index in [-0.39, 0.29) is 42.5 Å². The molecule has 0 bridgehead atoms. The van der Waals surface area contributed by atoms with Gasteiger partial charge in [-0.15, -0.1) is 0 Å². The summed E-state index contributed by atoms with van der Waals surface area (Å²) in [5, 5.41) is 16.5. The first kappa shape index (κ1) is 27.3. The van der Waals surface area contributed by atoms with E-state index in [0.717, 1.165) is 25.0 Å². The molecule has 4 aliphatic rings. The zero-order valence-corrected chi connectivity index (χ0v) is 23.3. The van der Waals surface area contributed by atoms with Crippen molar-refractivity contribution in [1.82, 2.24) is 20.5 Å². The zero-order chi connectivity index (χ0) is 28.5. The predicted molar refractivity (Wildman–Crippen MR) is 154 cm³/mol. The van der Waals surface area contributed by atoms with Gasteiger partial charge in [0.05, 0.1) is 17.7 Å². The Balaban J connectivity index is 1.05. The van der Waals surface area contributed by atoms with Crippen LogP contribution in [0.25, 0.3) is 11.1 Å². The molecule has 3 fully saturated rings. The van der Waals surface area contributed by atoms with Crippen LogP contribution in [0, 0.1) is 11.8 Å². The van der Waals surface area contributed by atoms with Gasteiger partial charge >= 0.3 is 18.1 Å². The number of urea groups is 1. The summed E-state index contributed by atoms with van der Waals surface area (Å²) >= 11 is 0. The van der Waals surface area contributed by atoms with Gasteiger partial charge in [0.1, 0.15) is 6.61 Å². The van der Waals surface area contributed by atoms with E-state index >= 15 is 0 Å². The minimum atomic E-state index is -0.733. The maximum absolute atomic E-state index is 13.4. The molecule has 0 radical (unpaired) electrons. The molecule has 2 aliphatic heterocycles. The SMILES string of the molecule is CN1C/C(=N/NC(=O)NCC2CCC(C(=O)O)CC2)C2C1CCN2C(=O)OCC1c2ccccc2-c2ccccc21. The molecule has 1 saturated carbocycles. The standard InChI is InChI=1S/C31H37N5O5/c1-35-17-26(33-34-30(39)32-16-19-10-12-20(13-11-19)29(37)38)28-27(35)14-15-36(28)31(40)41-18-25-23-8-4-2-6-21(23)22-7-3-5-9-24(22)25/h2-9,19-20,25,27-28H,10-18H2,1H3,(H,37,38)(H2,32,34,39)/b33-26-. The van der Waals surface area contributed by atoms with Crippen LogP contribution in [0.15, 0.2) is 53.6 Å². The topological polar surface area (TPSA) is 124 Å². The minimum Gasteiger partial charge on any atom is -0.481 e. The fraction of sp³-hybridized carbons (Fsp3) is 0.484. The van der Waals surface area contributed by atoms with Crippen molar-refractivity contribution in [3.8, 4) is 11.1 Å². The van der Waals surface area contributed by atoms with Gasteiger partial charge in [0.15, 0.2) is 0 Å². The molecule has 2 saturated heterocycles. The van der Waals surface area contributed by atoms with Gasteiger partial charge in [0.25, 0.3) is 0 Å². The maximum atomic E-state index is 13.4. The molecule has 216 valence electrons. The first-order chi connectivity index (χ1) is 19.9. The normalized spacial score (nSPS) is 26.4. The van der Waals surface area contributed by atoms with Crippen molar-refractivity contribution in [2.75, 3.05) is 33.3 Å². The number of hydrazone groups is 1. The lowest BCUT2D eigenvalue weighted by Gasteiger charge is -2.26. The largest absolute Gasteiger partial charge is 0.481 e. The summed E-state index contributed by atoms with van der Waals surface area (Å²) in [5.74, 6) is -0.743. The van der Waals surface area contributed by atoms with Gasteiger partial charge < -0.3 is 15.2 Å². The van der Waals surface area contributed by atoms with Gasteiger partial charge in [-0.3, -0.25) is 14.6 Å². The first-order valence-corrected chi connectivity index (χ1v) is 14.6.